The van der Waals surface area contributed by atoms with E-state index in [1.54, 1.807) is 0 Å². The lowest BCUT2D eigenvalue weighted by Crippen LogP contribution is -2.21. The Kier molecular flexibility index (Phi) is 4.90. The lowest BCUT2D eigenvalue weighted by Gasteiger charge is -2.22. The van der Waals surface area contributed by atoms with Crippen LogP contribution < -0.4 is 10.6 Å². The van der Waals surface area contributed by atoms with Crippen LogP contribution in [0.4, 0.5) is 5.69 Å². The smallest absolute Gasteiger partial charge is 0.0426 e. The minimum Gasteiger partial charge on any atom is -0.371 e. The van der Waals surface area contributed by atoms with Crippen LogP contribution in [0.1, 0.15) is 31.7 Å². The highest BCUT2D eigenvalue weighted by Crippen LogP contribution is 2.31. The molecule has 0 bridgehead atoms. The van der Waals surface area contributed by atoms with Crippen LogP contribution in [0.2, 0.25) is 5.02 Å². The molecule has 1 unspecified atom stereocenters. The minimum absolute atomic E-state index is 0.695. The summed E-state index contributed by atoms with van der Waals surface area (Å²) in [4.78, 5) is 2.48. The number of nitrogens with two attached hydrogens (primary N) is 1. The van der Waals surface area contributed by atoms with E-state index in [1.807, 2.05) is 6.07 Å². The van der Waals surface area contributed by atoms with E-state index in [4.69, 9.17) is 17.3 Å². The van der Waals surface area contributed by atoms with E-state index in [-0.39, 0.29) is 0 Å². The van der Waals surface area contributed by atoms with Crippen molar-refractivity contribution < 1.29 is 0 Å². The highest BCUT2D eigenvalue weighted by atomic mass is 35.5. The molecule has 0 saturated carbocycles. The number of anilines is 1. The Morgan fingerprint density at radius 3 is 3.00 bits per heavy atom. The van der Waals surface area contributed by atoms with Crippen molar-refractivity contribution in [3.63, 3.8) is 0 Å². The van der Waals surface area contributed by atoms with Gasteiger partial charge in [0.05, 0.1) is 0 Å². The van der Waals surface area contributed by atoms with Crippen molar-refractivity contribution in [1.82, 2.24) is 0 Å². The van der Waals surface area contributed by atoms with Gasteiger partial charge < -0.3 is 10.6 Å². The maximum atomic E-state index is 6.14. The molecule has 1 heterocycles. The van der Waals surface area contributed by atoms with E-state index >= 15 is 0 Å². The van der Waals surface area contributed by atoms with Crippen molar-refractivity contribution >= 4 is 17.3 Å². The summed E-state index contributed by atoms with van der Waals surface area (Å²) in [7, 11) is 0. The third-order valence-electron chi connectivity index (χ3n) is 3.78. The standard InChI is InChI=1S/C15H23ClN2/c1-2-3-12-7-9-18(11-12)15-10-14(16)5-4-13(15)6-8-17/h4-5,10,12H,2-3,6-9,11,17H2,1H3. The SMILES string of the molecule is CCCC1CCN(c2cc(Cl)ccc2CCN)C1. The molecule has 1 saturated heterocycles. The Labute approximate surface area is 115 Å². The highest BCUT2D eigenvalue weighted by Gasteiger charge is 2.23. The molecule has 1 aromatic carbocycles. The van der Waals surface area contributed by atoms with E-state index in [9.17, 15) is 0 Å². The molecule has 0 aliphatic carbocycles. The van der Waals surface area contributed by atoms with Crippen molar-refractivity contribution in [1.29, 1.82) is 0 Å². The average molecular weight is 267 g/mol. The van der Waals surface area contributed by atoms with Crippen molar-refractivity contribution in [2.24, 2.45) is 11.7 Å². The van der Waals surface area contributed by atoms with Crippen LogP contribution in [0, 0.1) is 5.92 Å². The maximum absolute atomic E-state index is 6.14. The van der Waals surface area contributed by atoms with Gasteiger partial charge in [0, 0.05) is 23.8 Å². The first-order valence-electron chi connectivity index (χ1n) is 6.98. The molecular formula is C15H23ClN2. The van der Waals surface area contributed by atoms with Crippen LogP contribution >= 0.6 is 11.6 Å². The van der Waals surface area contributed by atoms with Crippen LogP contribution in [0.3, 0.4) is 0 Å². The van der Waals surface area contributed by atoms with Crippen LogP contribution in [-0.4, -0.2) is 19.6 Å². The molecule has 0 aromatic heterocycles. The van der Waals surface area contributed by atoms with E-state index in [1.165, 1.54) is 37.1 Å². The lowest BCUT2D eigenvalue weighted by molar-refractivity contribution is 0.529. The molecule has 3 heteroatoms. The Bertz CT molecular complexity index is 392. The van der Waals surface area contributed by atoms with Gasteiger partial charge in [0.1, 0.15) is 0 Å². The predicted molar refractivity (Wildman–Crippen MR) is 79.4 cm³/mol. The first kappa shape index (κ1) is 13.7. The van der Waals surface area contributed by atoms with Gasteiger partial charge in [0.25, 0.3) is 0 Å². The summed E-state index contributed by atoms with van der Waals surface area (Å²) in [6.07, 6.45) is 4.86. The van der Waals surface area contributed by atoms with E-state index < -0.39 is 0 Å². The third kappa shape index (κ3) is 3.18. The van der Waals surface area contributed by atoms with E-state index in [2.05, 4.69) is 24.0 Å². The highest BCUT2D eigenvalue weighted by molar-refractivity contribution is 6.30. The first-order chi connectivity index (χ1) is 8.74. The zero-order valence-corrected chi connectivity index (χ0v) is 11.9. The van der Waals surface area contributed by atoms with E-state index in [0.717, 1.165) is 23.9 Å². The Hall–Kier alpha value is -0.730. The molecule has 1 fully saturated rings. The largest absolute Gasteiger partial charge is 0.371 e. The predicted octanol–water partition coefficient (Wildman–Crippen LogP) is 3.47. The van der Waals surface area contributed by atoms with Crippen LogP contribution in [0.25, 0.3) is 0 Å². The summed E-state index contributed by atoms with van der Waals surface area (Å²) in [6, 6.07) is 6.19. The van der Waals surface area contributed by atoms with Crippen LogP contribution in [0.5, 0.6) is 0 Å². The number of hydrogen-bond acceptors (Lipinski definition) is 2. The average Bonchev–Trinajstić information content (AvgIpc) is 2.81. The summed E-state index contributed by atoms with van der Waals surface area (Å²) in [6.45, 7) is 5.29. The van der Waals surface area contributed by atoms with Gasteiger partial charge >= 0.3 is 0 Å². The van der Waals surface area contributed by atoms with Crippen molar-refractivity contribution in [2.45, 2.75) is 32.6 Å². The second kappa shape index (κ2) is 6.44. The van der Waals surface area contributed by atoms with Gasteiger partial charge in [-0.2, -0.15) is 0 Å². The molecule has 2 rings (SSSR count). The van der Waals surface area contributed by atoms with Gasteiger partial charge in [-0.1, -0.05) is 31.0 Å². The summed E-state index contributed by atoms with van der Waals surface area (Å²) in [5, 5.41) is 0.824. The zero-order chi connectivity index (χ0) is 13.0. The Morgan fingerprint density at radius 2 is 2.28 bits per heavy atom. The molecule has 0 radical (unpaired) electrons. The fourth-order valence-corrected chi connectivity index (χ4v) is 3.06. The second-order valence-electron chi connectivity index (χ2n) is 5.20. The van der Waals surface area contributed by atoms with Crippen LogP contribution in [0.15, 0.2) is 18.2 Å². The molecule has 1 aliphatic heterocycles. The minimum atomic E-state index is 0.695. The van der Waals surface area contributed by atoms with Gasteiger partial charge in [0.2, 0.25) is 0 Å². The van der Waals surface area contributed by atoms with E-state index in [0.29, 0.717) is 6.54 Å². The van der Waals surface area contributed by atoms with Crippen LogP contribution in [-0.2, 0) is 6.42 Å². The monoisotopic (exact) mass is 266 g/mol. The summed E-state index contributed by atoms with van der Waals surface area (Å²) < 4.78 is 0. The molecule has 18 heavy (non-hydrogen) atoms. The fraction of sp³-hybridized carbons (Fsp3) is 0.600. The molecular weight excluding hydrogens is 244 g/mol. The molecule has 1 aliphatic rings. The summed E-state index contributed by atoms with van der Waals surface area (Å²) in [5.74, 6) is 0.847. The zero-order valence-electron chi connectivity index (χ0n) is 11.2. The molecule has 2 nitrogen and oxygen atoms in total. The molecule has 0 spiro atoms. The first-order valence-corrected chi connectivity index (χ1v) is 7.35. The molecule has 1 atom stereocenters. The van der Waals surface area contributed by atoms with Crippen molar-refractivity contribution in [2.75, 3.05) is 24.5 Å². The maximum Gasteiger partial charge on any atom is 0.0426 e. The molecule has 0 amide bonds. The number of hydrogen-bond donors (Lipinski definition) is 1. The molecule has 2 N–H and O–H groups in total. The number of benzene rings is 1. The Morgan fingerprint density at radius 1 is 1.44 bits per heavy atom. The lowest BCUT2D eigenvalue weighted by atomic mass is 10.0. The number of nitrogens with zero attached hydrogens (tertiary/aromatic N) is 1. The Balaban J connectivity index is 2.14. The van der Waals surface area contributed by atoms with Crippen molar-refractivity contribution in [3.05, 3.63) is 28.8 Å². The van der Waals surface area contributed by atoms with Gasteiger partial charge in [0.15, 0.2) is 0 Å². The summed E-state index contributed by atoms with van der Waals surface area (Å²) in [5.41, 5.74) is 8.32. The number of halogens is 1. The van der Waals surface area contributed by atoms with Gasteiger partial charge in [-0.3, -0.25) is 0 Å². The molecule has 100 valence electrons. The van der Waals surface area contributed by atoms with Gasteiger partial charge in [-0.15, -0.1) is 0 Å². The van der Waals surface area contributed by atoms with Gasteiger partial charge in [-0.05, 0) is 49.4 Å². The number of rotatable bonds is 5. The molecule has 1 aromatic rings. The van der Waals surface area contributed by atoms with Gasteiger partial charge in [-0.25, -0.2) is 0 Å². The fourth-order valence-electron chi connectivity index (χ4n) is 2.89. The van der Waals surface area contributed by atoms with Crippen molar-refractivity contribution in [3.8, 4) is 0 Å². The normalized spacial score (nSPS) is 19.5. The second-order valence-corrected chi connectivity index (χ2v) is 5.64. The topological polar surface area (TPSA) is 29.3 Å². The summed E-state index contributed by atoms with van der Waals surface area (Å²) >= 11 is 6.14. The quantitative estimate of drug-likeness (QED) is 0.884. The third-order valence-corrected chi connectivity index (χ3v) is 4.02.